The number of aryl methyl sites for hydroxylation is 1. The van der Waals surface area contributed by atoms with Crippen molar-refractivity contribution in [2.24, 2.45) is 0 Å². The first-order chi connectivity index (χ1) is 16.0. The average molecular weight is 444 g/mol. The third-order valence-corrected chi connectivity index (χ3v) is 6.72. The molecule has 33 heavy (non-hydrogen) atoms. The summed E-state index contributed by atoms with van der Waals surface area (Å²) < 4.78 is 0. The van der Waals surface area contributed by atoms with Gasteiger partial charge in [0.1, 0.15) is 11.6 Å². The van der Waals surface area contributed by atoms with Crippen LogP contribution in [-0.2, 0) is 12.0 Å². The highest BCUT2D eigenvalue weighted by atomic mass is 16.3. The van der Waals surface area contributed by atoms with Gasteiger partial charge in [0.05, 0.1) is 11.3 Å². The Bertz CT molecular complexity index is 1100. The van der Waals surface area contributed by atoms with E-state index in [0.29, 0.717) is 12.0 Å². The molecule has 3 heterocycles. The number of fused-ring (bicyclic) bond motifs is 1. The molecule has 1 saturated carbocycles. The second kappa shape index (κ2) is 9.10. The van der Waals surface area contributed by atoms with Crippen molar-refractivity contribution in [3.63, 3.8) is 0 Å². The third kappa shape index (κ3) is 4.71. The first-order valence-corrected chi connectivity index (χ1v) is 12.2. The molecule has 172 valence electrons. The number of anilines is 3. The molecule has 0 spiro atoms. The van der Waals surface area contributed by atoms with E-state index in [1.54, 1.807) is 0 Å². The van der Waals surface area contributed by atoms with E-state index >= 15 is 0 Å². The number of hydrogen-bond acceptors (Lipinski definition) is 6. The smallest absolute Gasteiger partial charge is 0.224 e. The van der Waals surface area contributed by atoms with Crippen LogP contribution in [0, 0.1) is 0 Å². The molecule has 1 fully saturated rings. The summed E-state index contributed by atoms with van der Waals surface area (Å²) in [5, 5.41) is 14.5. The summed E-state index contributed by atoms with van der Waals surface area (Å²) >= 11 is 0. The minimum Gasteiger partial charge on any atom is -0.386 e. The van der Waals surface area contributed by atoms with Gasteiger partial charge in [-0.1, -0.05) is 49.6 Å². The number of nitrogens with zero attached hydrogens (tertiary/aromatic N) is 4. The van der Waals surface area contributed by atoms with Crippen molar-refractivity contribution in [2.75, 3.05) is 16.8 Å². The predicted molar refractivity (Wildman–Crippen MR) is 133 cm³/mol. The molecule has 1 aromatic carbocycles. The first-order valence-electron chi connectivity index (χ1n) is 12.2. The molecule has 0 atom stereocenters. The summed E-state index contributed by atoms with van der Waals surface area (Å²) in [5.74, 6) is 2.49. The lowest BCUT2D eigenvalue weighted by Gasteiger charge is -2.32. The van der Waals surface area contributed by atoms with E-state index in [1.165, 1.54) is 32.1 Å². The highest BCUT2D eigenvalue weighted by molar-refractivity contribution is 5.71. The van der Waals surface area contributed by atoms with Crippen LogP contribution in [0.25, 0.3) is 11.3 Å². The van der Waals surface area contributed by atoms with Gasteiger partial charge in [0, 0.05) is 29.9 Å². The molecular weight excluding hydrogens is 410 g/mol. The Balaban J connectivity index is 1.53. The van der Waals surface area contributed by atoms with Gasteiger partial charge in [-0.25, -0.2) is 9.97 Å². The molecule has 0 unspecified atom stereocenters. The van der Waals surface area contributed by atoms with Crippen molar-refractivity contribution in [3.05, 3.63) is 59.8 Å². The quantitative estimate of drug-likeness (QED) is 0.535. The summed E-state index contributed by atoms with van der Waals surface area (Å²) in [5.41, 5.74) is 2.85. The van der Waals surface area contributed by atoms with Gasteiger partial charge < -0.3 is 15.3 Å². The Morgan fingerprint density at radius 3 is 2.55 bits per heavy atom. The van der Waals surface area contributed by atoms with Gasteiger partial charge >= 0.3 is 0 Å². The Morgan fingerprint density at radius 1 is 1.00 bits per heavy atom. The standard InChI is InChI=1S/C27H33N5O/c1-27(2,33)22-18-20-12-9-17-32(25(20)31-24(22)19-10-5-3-6-11-19)23-15-16-28-26(30-23)29-21-13-7-4-8-14-21/h3,5-6,10-11,15-16,18,21,33H,4,7-9,12-14,17H2,1-2H3,(H,28,29,30). The van der Waals surface area contributed by atoms with Crippen molar-refractivity contribution < 1.29 is 5.11 Å². The van der Waals surface area contributed by atoms with Gasteiger partial charge in [0.2, 0.25) is 5.95 Å². The summed E-state index contributed by atoms with van der Waals surface area (Å²) in [4.78, 5) is 16.7. The minimum atomic E-state index is -0.985. The molecule has 0 bridgehead atoms. The first kappa shape index (κ1) is 21.8. The molecular formula is C27H33N5O. The Labute approximate surface area is 196 Å². The van der Waals surface area contributed by atoms with Crippen LogP contribution in [-0.4, -0.2) is 32.6 Å². The van der Waals surface area contributed by atoms with Gasteiger partial charge in [-0.05, 0) is 57.2 Å². The Hall–Kier alpha value is -2.99. The maximum absolute atomic E-state index is 10.9. The van der Waals surface area contributed by atoms with Crippen LogP contribution in [0.5, 0.6) is 0 Å². The van der Waals surface area contributed by atoms with E-state index in [4.69, 9.17) is 9.97 Å². The highest BCUT2D eigenvalue weighted by Gasteiger charge is 2.28. The van der Waals surface area contributed by atoms with Gasteiger partial charge in [-0.15, -0.1) is 0 Å². The monoisotopic (exact) mass is 443 g/mol. The number of aromatic nitrogens is 3. The van der Waals surface area contributed by atoms with E-state index in [0.717, 1.165) is 53.4 Å². The van der Waals surface area contributed by atoms with Crippen molar-refractivity contribution in [2.45, 2.75) is 70.4 Å². The molecule has 2 aliphatic rings. The number of benzene rings is 1. The normalized spacial score (nSPS) is 17.0. The Morgan fingerprint density at radius 2 is 1.79 bits per heavy atom. The molecule has 0 saturated heterocycles. The lowest BCUT2D eigenvalue weighted by atomic mass is 9.90. The topological polar surface area (TPSA) is 74.2 Å². The molecule has 5 rings (SSSR count). The second-order valence-corrected chi connectivity index (χ2v) is 9.77. The molecule has 6 nitrogen and oxygen atoms in total. The number of pyridine rings is 1. The van der Waals surface area contributed by atoms with E-state index in [9.17, 15) is 5.11 Å². The predicted octanol–water partition coefficient (Wildman–Crippen LogP) is 5.59. The lowest BCUT2D eigenvalue weighted by Crippen LogP contribution is -2.29. The zero-order chi connectivity index (χ0) is 22.8. The van der Waals surface area contributed by atoms with Crippen LogP contribution >= 0.6 is 0 Å². The zero-order valence-electron chi connectivity index (χ0n) is 19.6. The molecule has 0 amide bonds. The van der Waals surface area contributed by atoms with Crippen molar-refractivity contribution in [1.29, 1.82) is 0 Å². The number of aliphatic hydroxyl groups is 1. The fourth-order valence-corrected chi connectivity index (χ4v) is 5.00. The summed E-state index contributed by atoms with van der Waals surface area (Å²) in [7, 11) is 0. The van der Waals surface area contributed by atoms with Crippen LogP contribution in [0.4, 0.5) is 17.6 Å². The van der Waals surface area contributed by atoms with Gasteiger partial charge in [0.15, 0.2) is 0 Å². The fourth-order valence-electron chi connectivity index (χ4n) is 5.00. The van der Waals surface area contributed by atoms with Crippen LogP contribution in [0.3, 0.4) is 0 Å². The van der Waals surface area contributed by atoms with Crippen LogP contribution in [0.2, 0.25) is 0 Å². The van der Waals surface area contributed by atoms with Gasteiger partial charge in [-0.3, -0.25) is 0 Å². The SMILES string of the molecule is CC(C)(O)c1cc2c(nc1-c1ccccc1)N(c1ccnc(NC3CCCCC3)n1)CCC2. The number of nitrogens with one attached hydrogen (secondary N) is 1. The van der Waals surface area contributed by atoms with E-state index in [2.05, 4.69) is 21.3 Å². The largest absolute Gasteiger partial charge is 0.386 e. The molecule has 1 aliphatic heterocycles. The van der Waals surface area contributed by atoms with Gasteiger partial charge in [-0.2, -0.15) is 4.98 Å². The molecule has 1 aliphatic carbocycles. The minimum absolute atomic E-state index is 0.458. The van der Waals surface area contributed by atoms with E-state index in [-0.39, 0.29) is 0 Å². The Kier molecular flexibility index (Phi) is 6.02. The van der Waals surface area contributed by atoms with Crippen LogP contribution in [0.15, 0.2) is 48.7 Å². The summed E-state index contributed by atoms with van der Waals surface area (Å²) in [6, 6.07) is 14.7. The van der Waals surface area contributed by atoms with Crippen molar-refractivity contribution >= 4 is 17.6 Å². The van der Waals surface area contributed by atoms with E-state index in [1.807, 2.05) is 56.4 Å². The maximum atomic E-state index is 10.9. The van der Waals surface area contributed by atoms with Crippen molar-refractivity contribution in [1.82, 2.24) is 15.0 Å². The summed E-state index contributed by atoms with van der Waals surface area (Å²) in [6.45, 7) is 4.52. The molecule has 6 heteroatoms. The molecule has 2 N–H and O–H groups in total. The number of rotatable bonds is 5. The number of hydrogen-bond donors (Lipinski definition) is 2. The lowest BCUT2D eigenvalue weighted by molar-refractivity contribution is 0.0788. The molecule has 3 aromatic rings. The van der Waals surface area contributed by atoms with E-state index < -0.39 is 5.60 Å². The maximum Gasteiger partial charge on any atom is 0.224 e. The second-order valence-electron chi connectivity index (χ2n) is 9.77. The average Bonchev–Trinajstić information content (AvgIpc) is 2.84. The van der Waals surface area contributed by atoms with Crippen molar-refractivity contribution in [3.8, 4) is 11.3 Å². The zero-order valence-corrected chi connectivity index (χ0v) is 19.6. The summed E-state index contributed by atoms with van der Waals surface area (Å²) in [6.07, 6.45) is 10.0. The fraction of sp³-hybridized carbons (Fsp3) is 0.444. The van der Waals surface area contributed by atoms with Crippen LogP contribution in [0.1, 0.15) is 63.5 Å². The molecule has 0 radical (unpaired) electrons. The molecule has 2 aromatic heterocycles. The van der Waals surface area contributed by atoms with Crippen LogP contribution < -0.4 is 10.2 Å². The van der Waals surface area contributed by atoms with Gasteiger partial charge in [0.25, 0.3) is 0 Å². The highest BCUT2D eigenvalue weighted by Crippen LogP contribution is 2.38. The third-order valence-electron chi connectivity index (χ3n) is 6.72.